The standard InChI is InChI=1S/C17H22N2O2/c1-3-11-21-16-8-6-5-7-14(16)15-10-9-13(12-18-4-2)17(20)19-15/h5-10,18H,3-4,11-12H2,1-2H3,(H,19,20). The molecular weight excluding hydrogens is 264 g/mol. The Bertz CT molecular complexity index is 635. The molecule has 1 aromatic carbocycles. The van der Waals surface area contributed by atoms with E-state index in [2.05, 4.69) is 17.2 Å². The van der Waals surface area contributed by atoms with Crippen molar-refractivity contribution < 1.29 is 4.74 Å². The minimum Gasteiger partial charge on any atom is -0.493 e. The molecule has 0 spiro atoms. The van der Waals surface area contributed by atoms with E-state index < -0.39 is 0 Å². The molecule has 2 rings (SSSR count). The van der Waals surface area contributed by atoms with Gasteiger partial charge in [-0.2, -0.15) is 0 Å². The molecule has 112 valence electrons. The second-order valence-electron chi connectivity index (χ2n) is 4.85. The van der Waals surface area contributed by atoms with Gasteiger partial charge in [0, 0.05) is 17.7 Å². The van der Waals surface area contributed by atoms with Crippen molar-refractivity contribution in [1.29, 1.82) is 0 Å². The highest BCUT2D eigenvalue weighted by molar-refractivity contribution is 5.67. The Kier molecular flexibility index (Phi) is 5.58. The minimum absolute atomic E-state index is 0.0567. The van der Waals surface area contributed by atoms with E-state index in [0.29, 0.717) is 13.2 Å². The van der Waals surface area contributed by atoms with Crippen LogP contribution >= 0.6 is 0 Å². The van der Waals surface area contributed by atoms with Crippen LogP contribution in [-0.2, 0) is 6.54 Å². The van der Waals surface area contributed by atoms with Crippen molar-refractivity contribution in [3.8, 4) is 17.0 Å². The lowest BCUT2D eigenvalue weighted by Gasteiger charge is -2.11. The van der Waals surface area contributed by atoms with Crippen LogP contribution in [0.4, 0.5) is 0 Å². The lowest BCUT2D eigenvalue weighted by Crippen LogP contribution is -2.20. The molecule has 0 bridgehead atoms. The van der Waals surface area contributed by atoms with Crippen LogP contribution in [0.15, 0.2) is 41.2 Å². The van der Waals surface area contributed by atoms with Gasteiger partial charge < -0.3 is 15.0 Å². The summed E-state index contributed by atoms with van der Waals surface area (Å²) < 4.78 is 5.74. The zero-order chi connectivity index (χ0) is 15.1. The lowest BCUT2D eigenvalue weighted by atomic mass is 10.1. The van der Waals surface area contributed by atoms with Crippen LogP contribution in [0.5, 0.6) is 5.75 Å². The molecule has 1 aromatic heterocycles. The number of hydrogen-bond acceptors (Lipinski definition) is 3. The number of benzene rings is 1. The van der Waals surface area contributed by atoms with Crippen LogP contribution in [0, 0.1) is 0 Å². The Morgan fingerprint density at radius 2 is 1.95 bits per heavy atom. The third-order valence-electron chi connectivity index (χ3n) is 3.20. The van der Waals surface area contributed by atoms with Crippen LogP contribution in [0.3, 0.4) is 0 Å². The molecule has 0 atom stereocenters. The summed E-state index contributed by atoms with van der Waals surface area (Å²) in [6, 6.07) is 11.6. The number of ether oxygens (including phenoxy) is 1. The minimum atomic E-state index is -0.0567. The second kappa shape index (κ2) is 7.64. The van der Waals surface area contributed by atoms with E-state index in [9.17, 15) is 4.79 Å². The first-order valence-electron chi connectivity index (χ1n) is 7.41. The fourth-order valence-corrected chi connectivity index (χ4v) is 2.09. The van der Waals surface area contributed by atoms with Crippen LogP contribution < -0.4 is 15.6 Å². The molecule has 0 fully saturated rings. The van der Waals surface area contributed by atoms with Crippen LogP contribution in [-0.4, -0.2) is 18.1 Å². The maximum absolute atomic E-state index is 12.1. The van der Waals surface area contributed by atoms with Crippen molar-refractivity contribution in [2.45, 2.75) is 26.8 Å². The van der Waals surface area contributed by atoms with Crippen molar-refractivity contribution >= 4 is 0 Å². The first-order valence-corrected chi connectivity index (χ1v) is 7.41. The zero-order valence-corrected chi connectivity index (χ0v) is 12.6. The van der Waals surface area contributed by atoms with Gasteiger partial charge in [0.05, 0.1) is 12.3 Å². The summed E-state index contributed by atoms with van der Waals surface area (Å²) in [6.45, 7) is 6.18. The van der Waals surface area contributed by atoms with Gasteiger partial charge in [0.2, 0.25) is 0 Å². The third-order valence-corrected chi connectivity index (χ3v) is 3.20. The summed E-state index contributed by atoms with van der Waals surface area (Å²) in [5.41, 5.74) is 2.39. The number of rotatable bonds is 7. The summed E-state index contributed by atoms with van der Waals surface area (Å²) in [5, 5.41) is 3.16. The molecule has 1 heterocycles. The number of pyridine rings is 1. The summed E-state index contributed by atoms with van der Waals surface area (Å²) in [7, 11) is 0. The van der Waals surface area contributed by atoms with Gasteiger partial charge in [0.15, 0.2) is 0 Å². The van der Waals surface area contributed by atoms with E-state index in [4.69, 9.17) is 4.74 Å². The fraction of sp³-hybridized carbons (Fsp3) is 0.353. The zero-order valence-electron chi connectivity index (χ0n) is 12.6. The summed E-state index contributed by atoms with van der Waals surface area (Å²) in [6.07, 6.45) is 0.951. The van der Waals surface area contributed by atoms with Crippen molar-refractivity contribution in [2.24, 2.45) is 0 Å². The first-order chi connectivity index (χ1) is 10.3. The molecule has 0 saturated carbocycles. The smallest absolute Gasteiger partial charge is 0.252 e. The molecule has 0 saturated heterocycles. The van der Waals surface area contributed by atoms with Gasteiger partial charge in [-0.05, 0) is 31.2 Å². The molecule has 4 nitrogen and oxygen atoms in total. The maximum Gasteiger partial charge on any atom is 0.252 e. The van der Waals surface area contributed by atoms with Crippen molar-refractivity contribution in [1.82, 2.24) is 10.3 Å². The highest BCUT2D eigenvalue weighted by Crippen LogP contribution is 2.27. The number of aromatic nitrogens is 1. The van der Waals surface area contributed by atoms with Gasteiger partial charge in [0.25, 0.3) is 5.56 Å². The first kappa shape index (κ1) is 15.3. The molecule has 0 amide bonds. The van der Waals surface area contributed by atoms with Crippen LogP contribution in [0.2, 0.25) is 0 Å². The van der Waals surface area contributed by atoms with Gasteiger partial charge >= 0.3 is 0 Å². The quantitative estimate of drug-likeness (QED) is 0.823. The van der Waals surface area contributed by atoms with E-state index in [-0.39, 0.29) is 5.56 Å². The second-order valence-corrected chi connectivity index (χ2v) is 4.85. The molecule has 2 N–H and O–H groups in total. The van der Waals surface area contributed by atoms with Gasteiger partial charge in [-0.15, -0.1) is 0 Å². The number of H-pyrrole nitrogens is 1. The van der Waals surface area contributed by atoms with E-state index in [1.807, 2.05) is 43.3 Å². The Morgan fingerprint density at radius 1 is 1.14 bits per heavy atom. The lowest BCUT2D eigenvalue weighted by molar-refractivity contribution is 0.318. The largest absolute Gasteiger partial charge is 0.493 e. The topological polar surface area (TPSA) is 54.1 Å². The molecular formula is C17H22N2O2. The van der Waals surface area contributed by atoms with Crippen molar-refractivity contribution in [2.75, 3.05) is 13.2 Å². The Labute approximate surface area is 125 Å². The summed E-state index contributed by atoms with van der Waals surface area (Å²) in [4.78, 5) is 15.1. The van der Waals surface area contributed by atoms with E-state index in [0.717, 1.165) is 35.5 Å². The van der Waals surface area contributed by atoms with Crippen LogP contribution in [0.1, 0.15) is 25.8 Å². The van der Waals surface area contributed by atoms with E-state index >= 15 is 0 Å². The maximum atomic E-state index is 12.1. The number of para-hydroxylation sites is 1. The molecule has 0 aliphatic rings. The molecule has 0 unspecified atom stereocenters. The van der Waals surface area contributed by atoms with Crippen LogP contribution in [0.25, 0.3) is 11.3 Å². The molecule has 0 aliphatic carbocycles. The Hall–Kier alpha value is -2.07. The predicted octanol–water partition coefficient (Wildman–Crippen LogP) is 2.94. The SMILES string of the molecule is CCCOc1ccccc1-c1ccc(CNCC)c(=O)[nH]1. The average Bonchev–Trinajstić information content (AvgIpc) is 2.52. The van der Waals surface area contributed by atoms with Crippen molar-refractivity contribution in [3.05, 3.63) is 52.3 Å². The molecule has 2 aromatic rings. The third kappa shape index (κ3) is 3.95. The molecule has 4 heteroatoms. The number of hydrogen-bond donors (Lipinski definition) is 2. The van der Waals surface area contributed by atoms with Crippen molar-refractivity contribution in [3.63, 3.8) is 0 Å². The number of nitrogens with one attached hydrogen (secondary N) is 2. The van der Waals surface area contributed by atoms with Gasteiger partial charge in [-0.1, -0.05) is 32.0 Å². The van der Waals surface area contributed by atoms with Gasteiger partial charge in [-0.25, -0.2) is 0 Å². The van der Waals surface area contributed by atoms with Gasteiger partial charge in [0.1, 0.15) is 5.75 Å². The Morgan fingerprint density at radius 3 is 2.67 bits per heavy atom. The van der Waals surface area contributed by atoms with Gasteiger partial charge in [-0.3, -0.25) is 4.79 Å². The Balaban J connectivity index is 2.30. The summed E-state index contributed by atoms with van der Waals surface area (Å²) in [5.74, 6) is 0.800. The highest BCUT2D eigenvalue weighted by atomic mass is 16.5. The molecule has 0 radical (unpaired) electrons. The summed E-state index contributed by atoms with van der Waals surface area (Å²) >= 11 is 0. The monoisotopic (exact) mass is 286 g/mol. The fourth-order valence-electron chi connectivity index (χ4n) is 2.09. The molecule has 21 heavy (non-hydrogen) atoms. The van der Waals surface area contributed by atoms with E-state index in [1.165, 1.54) is 0 Å². The number of aromatic amines is 1. The molecule has 0 aliphatic heterocycles. The average molecular weight is 286 g/mol. The predicted molar refractivity (Wildman–Crippen MR) is 85.7 cm³/mol. The van der Waals surface area contributed by atoms with E-state index in [1.54, 1.807) is 0 Å². The highest BCUT2D eigenvalue weighted by Gasteiger charge is 2.08. The normalized spacial score (nSPS) is 10.6.